The Balaban J connectivity index is 1.52. The van der Waals surface area contributed by atoms with Crippen molar-refractivity contribution in [3.8, 4) is 0 Å². The average Bonchev–Trinajstić information content (AvgIpc) is 2.95. The van der Waals surface area contributed by atoms with Gasteiger partial charge in [0, 0.05) is 6.04 Å². The van der Waals surface area contributed by atoms with Crippen LogP contribution in [0.25, 0.3) is 0 Å². The largest absolute Gasteiger partial charge is 0.327 e. The summed E-state index contributed by atoms with van der Waals surface area (Å²) < 4.78 is 0. The van der Waals surface area contributed by atoms with Crippen molar-refractivity contribution in [3.63, 3.8) is 0 Å². The Bertz CT molecular complexity index is 225. The van der Waals surface area contributed by atoms with Gasteiger partial charge in [0.1, 0.15) is 0 Å². The summed E-state index contributed by atoms with van der Waals surface area (Å²) in [6, 6.07) is 0.518. The third kappa shape index (κ3) is 2.08. The van der Waals surface area contributed by atoms with E-state index in [4.69, 9.17) is 5.73 Å². The van der Waals surface area contributed by atoms with Crippen molar-refractivity contribution in [1.29, 1.82) is 0 Å². The molecule has 0 aromatic carbocycles. The molecule has 2 aliphatic carbocycles. The Morgan fingerprint density at radius 1 is 1.20 bits per heavy atom. The van der Waals surface area contributed by atoms with Crippen molar-refractivity contribution in [3.05, 3.63) is 0 Å². The molecule has 2 bridgehead atoms. The molecular weight excluding hydrogens is 202 g/mol. The first-order valence-corrected chi connectivity index (χ1v) is 7.81. The highest BCUT2D eigenvalue weighted by molar-refractivity contribution is 7.99. The molecule has 2 saturated carbocycles. The molecule has 0 amide bonds. The van der Waals surface area contributed by atoms with E-state index in [-0.39, 0.29) is 0 Å². The van der Waals surface area contributed by atoms with Gasteiger partial charge in [-0.1, -0.05) is 6.42 Å². The molecule has 1 saturated heterocycles. The molecule has 2 heteroatoms. The molecule has 3 rings (SSSR count). The van der Waals surface area contributed by atoms with Crippen molar-refractivity contribution in [1.82, 2.24) is 0 Å². The Labute approximate surface area is 97.6 Å². The van der Waals surface area contributed by atoms with Crippen LogP contribution in [0.3, 0.4) is 0 Å². The second-order valence-electron chi connectivity index (χ2n) is 5.96. The van der Waals surface area contributed by atoms with Crippen LogP contribution in [0.5, 0.6) is 0 Å². The van der Waals surface area contributed by atoms with Crippen LogP contribution in [0, 0.1) is 23.7 Å². The van der Waals surface area contributed by atoms with Gasteiger partial charge in [0.15, 0.2) is 0 Å². The predicted octanol–water partition coefficient (Wildman–Crippen LogP) is 2.89. The quantitative estimate of drug-likeness (QED) is 0.799. The van der Waals surface area contributed by atoms with Crippen molar-refractivity contribution in [2.45, 2.75) is 44.6 Å². The zero-order valence-electron chi connectivity index (χ0n) is 9.53. The van der Waals surface area contributed by atoms with E-state index >= 15 is 0 Å². The summed E-state index contributed by atoms with van der Waals surface area (Å²) in [5, 5.41) is 0. The number of nitrogens with two attached hydrogens (primary N) is 1. The minimum atomic E-state index is 0.518. The third-order valence-electron chi connectivity index (χ3n) is 5.03. The lowest BCUT2D eigenvalue weighted by atomic mass is 9.81. The fourth-order valence-electron chi connectivity index (χ4n) is 4.10. The molecule has 3 fully saturated rings. The van der Waals surface area contributed by atoms with Gasteiger partial charge in [-0.25, -0.2) is 0 Å². The van der Waals surface area contributed by atoms with Gasteiger partial charge >= 0.3 is 0 Å². The molecule has 0 spiro atoms. The van der Waals surface area contributed by atoms with Gasteiger partial charge in [-0.15, -0.1) is 0 Å². The smallest absolute Gasteiger partial charge is 0.00780 e. The molecule has 0 aromatic heterocycles. The van der Waals surface area contributed by atoms with Gasteiger partial charge in [-0.05, 0) is 67.3 Å². The molecular formula is C13H23NS. The van der Waals surface area contributed by atoms with Crippen LogP contribution in [0.1, 0.15) is 38.5 Å². The lowest BCUT2D eigenvalue weighted by molar-refractivity contribution is 0.270. The van der Waals surface area contributed by atoms with Crippen molar-refractivity contribution in [2.75, 3.05) is 11.5 Å². The van der Waals surface area contributed by atoms with E-state index in [2.05, 4.69) is 11.8 Å². The molecule has 1 aliphatic heterocycles. The summed E-state index contributed by atoms with van der Waals surface area (Å²) in [5.41, 5.74) is 6.38. The van der Waals surface area contributed by atoms with Crippen LogP contribution in [0.2, 0.25) is 0 Å². The maximum absolute atomic E-state index is 6.38. The molecule has 0 radical (unpaired) electrons. The molecule has 1 heterocycles. The van der Waals surface area contributed by atoms with Crippen LogP contribution in [0.15, 0.2) is 0 Å². The molecule has 5 unspecified atom stereocenters. The van der Waals surface area contributed by atoms with Gasteiger partial charge in [-0.3, -0.25) is 0 Å². The van der Waals surface area contributed by atoms with Crippen molar-refractivity contribution >= 4 is 11.8 Å². The number of hydrogen-bond acceptors (Lipinski definition) is 2. The van der Waals surface area contributed by atoms with Gasteiger partial charge in [0.05, 0.1) is 0 Å². The fourth-order valence-corrected chi connectivity index (χ4v) is 5.45. The summed E-state index contributed by atoms with van der Waals surface area (Å²) in [4.78, 5) is 0. The van der Waals surface area contributed by atoms with Crippen LogP contribution >= 0.6 is 11.8 Å². The summed E-state index contributed by atoms with van der Waals surface area (Å²) in [6.45, 7) is 0. The highest BCUT2D eigenvalue weighted by Crippen LogP contribution is 2.50. The SMILES string of the molecule is NC(CC1CC2CCC1C2)C1CCSC1. The maximum Gasteiger partial charge on any atom is 0.00780 e. The van der Waals surface area contributed by atoms with Gasteiger partial charge < -0.3 is 5.73 Å². The fraction of sp³-hybridized carbons (Fsp3) is 1.00. The number of rotatable bonds is 3. The van der Waals surface area contributed by atoms with E-state index in [9.17, 15) is 0 Å². The highest BCUT2D eigenvalue weighted by atomic mass is 32.2. The second-order valence-corrected chi connectivity index (χ2v) is 7.11. The van der Waals surface area contributed by atoms with E-state index in [1.54, 1.807) is 0 Å². The molecule has 0 aromatic rings. The lowest BCUT2D eigenvalue weighted by Crippen LogP contribution is -2.33. The van der Waals surface area contributed by atoms with E-state index in [1.165, 1.54) is 50.0 Å². The minimum absolute atomic E-state index is 0.518. The highest BCUT2D eigenvalue weighted by Gasteiger charge is 2.40. The first-order valence-electron chi connectivity index (χ1n) is 6.66. The molecule has 2 N–H and O–H groups in total. The standard InChI is InChI=1S/C13H23NS/c14-13(11-3-4-15-8-11)7-12-6-9-1-2-10(12)5-9/h9-13H,1-8,14H2. The van der Waals surface area contributed by atoms with Crippen LogP contribution in [-0.4, -0.2) is 17.5 Å². The van der Waals surface area contributed by atoms with Gasteiger partial charge in [-0.2, -0.15) is 11.8 Å². The van der Waals surface area contributed by atoms with Crippen molar-refractivity contribution < 1.29 is 0 Å². The third-order valence-corrected chi connectivity index (χ3v) is 6.22. The van der Waals surface area contributed by atoms with Crippen LogP contribution in [-0.2, 0) is 0 Å². The molecule has 86 valence electrons. The average molecular weight is 225 g/mol. The summed E-state index contributed by atoms with van der Waals surface area (Å²) in [7, 11) is 0. The Morgan fingerprint density at radius 2 is 2.13 bits per heavy atom. The molecule has 1 nitrogen and oxygen atoms in total. The topological polar surface area (TPSA) is 26.0 Å². The van der Waals surface area contributed by atoms with E-state index in [0.717, 1.165) is 23.7 Å². The monoisotopic (exact) mass is 225 g/mol. The maximum atomic E-state index is 6.38. The Hall–Kier alpha value is 0.310. The van der Waals surface area contributed by atoms with E-state index in [1.807, 2.05) is 0 Å². The Kier molecular flexibility index (Phi) is 2.99. The molecule has 3 aliphatic rings. The van der Waals surface area contributed by atoms with Crippen molar-refractivity contribution in [2.24, 2.45) is 29.4 Å². The number of thioether (sulfide) groups is 1. The lowest BCUT2D eigenvalue weighted by Gasteiger charge is -2.27. The summed E-state index contributed by atoms with van der Waals surface area (Å²) in [5.74, 6) is 6.69. The number of hydrogen-bond donors (Lipinski definition) is 1. The zero-order valence-corrected chi connectivity index (χ0v) is 10.3. The predicted molar refractivity (Wildman–Crippen MR) is 67.0 cm³/mol. The zero-order chi connectivity index (χ0) is 10.3. The normalized spacial score (nSPS) is 46.2. The van der Waals surface area contributed by atoms with Gasteiger partial charge in [0.2, 0.25) is 0 Å². The first-order chi connectivity index (χ1) is 7.33. The molecule has 5 atom stereocenters. The second kappa shape index (κ2) is 4.29. The van der Waals surface area contributed by atoms with E-state index < -0.39 is 0 Å². The first kappa shape index (κ1) is 10.5. The van der Waals surface area contributed by atoms with E-state index in [0.29, 0.717) is 6.04 Å². The summed E-state index contributed by atoms with van der Waals surface area (Å²) >= 11 is 2.10. The number of fused-ring (bicyclic) bond motifs is 2. The summed E-state index contributed by atoms with van der Waals surface area (Å²) in [6.07, 6.45) is 8.81. The van der Waals surface area contributed by atoms with Crippen LogP contribution < -0.4 is 5.73 Å². The minimum Gasteiger partial charge on any atom is -0.327 e. The molecule has 15 heavy (non-hydrogen) atoms. The van der Waals surface area contributed by atoms with Crippen LogP contribution in [0.4, 0.5) is 0 Å². The Morgan fingerprint density at radius 3 is 2.73 bits per heavy atom. The van der Waals surface area contributed by atoms with Gasteiger partial charge in [0.25, 0.3) is 0 Å².